The Morgan fingerprint density at radius 1 is 1.69 bits per heavy atom. The van der Waals surface area contributed by atoms with Gasteiger partial charge in [-0.2, -0.15) is 0 Å². The average Bonchev–Trinajstić information content (AvgIpc) is 2.17. The van der Waals surface area contributed by atoms with E-state index >= 15 is 0 Å². The van der Waals surface area contributed by atoms with Crippen LogP contribution in [0.25, 0.3) is 0 Å². The van der Waals surface area contributed by atoms with Gasteiger partial charge in [0.1, 0.15) is 0 Å². The van der Waals surface area contributed by atoms with Crippen molar-refractivity contribution in [2.75, 3.05) is 6.54 Å². The highest BCUT2D eigenvalue weighted by molar-refractivity contribution is 5.42. The molecule has 0 saturated heterocycles. The Labute approximate surface area is 80.5 Å². The standard InChI is InChI=1S/C12H17N/c1-4-11(5-2)9-12-10(3)7-6-8-13-12/h4,6-7,9,13H,3,5,8H2,1-2H3/b11-4-,12-9+. The predicted molar refractivity (Wildman–Crippen MR) is 58.4 cm³/mol. The van der Waals surface area contributed by atoms with Crippen molar-refractivity contribution in [3.05, 3.63) is 47.7 Å². The van der Waals surface area contributed by atoms with Gasteiger partial charge in [0.05, 0.1) is 0 Å². The highest BCUT2D eigenvalue weighted by Gasteiger charge is 2.02. The Hall–Kier alpha value is -1.24. The second-order valence-electron chi connectivity index (χ2n) is 3.08. The minimum Gasteiger partial charge on any atom is -0.381 e. The van der Waals surface area contributed by atoms with Gasteiger partial charge >= 0.3 is 0 Å². The van der Waals surface area contributed by atoms with Crippen LogP contribution in [0.5, 0.6) is 0 Å². The summed E-state index contributed by atoms with van der Waals surface area (Å²) in [5.74, 6) is 0. The minimum atomic E-state index is 0.908. The molecular weight excluding hydrogens is 158 g/mol. The lowest BCUT2D eigenvalue weighted by molar-refractivity contribution is 0.897. The lowest BCUT2D eigenvalue weighted by atomic mass is 10.1. The van der Waals surface area contributed by atoms with Crippen LogP contribution in [0.3, 0.4) is 0 Å². The fourth-order valence-corrected chi connectivity index (χ4v) is 1.29. The van der Waals surface area contributed by atoms with Gasteiger partial charge in [-0.05, 0) is 25.0 Å². The van der Waals surface area contributed by atoms with Crippen molar-refractivity contribution >= 4 is 0 Å². The third kappa shape index (κ3) is 2.62. The Kier molecular flexibility index (Phi) is 3.56. The van der Waals surface area contributed by atoms with Crippen molar-refractivity contribution in [1.29, 1.82) is 0 Å². The molecule has 1 nitrogen and oxygen atoms in total. The molecule has 0 spiro atoms. The zero-order valence-corrected chi connectivity index (χ0v) is 8.43. The minimum absolute atomic E-state index is 0.908. The fourth-order valence-electron chi connectivity index (χ4n) is 1.29. The number of rotatable bonds is 2. The molecule has 1 aliphatic rings. The Bertz CT molecular complexity index is 279. The maximum atomic E-state index is 3.97. The van der Waals surface area contributed by atoms with E-state index in [0.717, 1.165) is 24.2 Å². The second kappa shape index (κ2) is 4.70. The van der Waals surface area contributed by atoms with Gasteiger partial charge in [0.15, 0.2) is 0 Å². The average molecular weight is 175 g/mol. The Balaban J connectivity index is 2.81. The summed E-state index contributed by atoms with van der Waals surface area (Å²) in [6, 6.07) is 0. The van der Waals surface area contributed by atoms with Crippen LogP contribution in [0, 0.1) is 0 Å². The SMILES string of the molecule is C=C1C=CCN/C1=C/C(=C\C)CC. The molecule has 1 heteroatoms. The third-order valence-electron chi connectivity index (χ3n) is 2.18. The molecule has 0 aromatic heterocycles. The van der Waals surface area contributed by atoms with Crippen LogP contribution in [0.1, 0.15) is 20.3 Å². The van der Waals surface area contributed by atoms with Crippen molar-refractivity contribution in [2.24, 2.45) is 0 Å². The van der Waals surface area contributed by atoms with E-state index in [4.69, 9.17) is 0 Å². The van der Waals surface area contributed by atoms with Gasteiger partial charge in [0, 0.05) is 12.2 Å². The fraction of sp³-hybridized carbons (Fsp3) is 0.333. The molecule has 0 radical (unpaired) electrons. The lowest BCUT2D eigenvalue weighted by Gasteiger charge is -2.14. The molecule has 0 aromatic carbocycles. The maximum Gasteiger partial charge on any atom is 0.0412 e. The Morgan fingerprint density at radius 2 is 2.46 bits per heavy atom. The summed E-state index contributed by atoms with van der Waals surface area (Å²) >= 11 is 0. The molecule has 1 heterocycles. The molecule has 1 aliphatic heterocycles. The van der Waals surface area contributed by atoms with Crippen LogP contribution >= 0.6 is 0 Å². The first-order valence-corrected chi connectivity index (χ1v) is 4.74. The quantitative estimate of drug-likeness (QED) is 0.680. The maximum absolute atomic E-state index is 3.97. The van der Waals surface area contributed by atoms with Gasteiger partial charge in [-0.25, -0.2) is 0 Å². The van der Waals surface area contributed by atoms with E-state index in [-0.39, 0.29) is 0 Å². The molecule has 0 bridgehead atoms. The molecule has 0 unspecified atom stereocenters. The molecule has 0 saturated carbocycles. The molecule has 1 N–H and O–H groups in total. The molecule has 13 heavy (non-hydrogen) atoms. The Morgan fingerprint density at radius 3 is 3.00 bits per heavy atom. The summed E-state index contributed by atoms with van der Waals surface area (Å²) < 4.78 is 0. The van der Waals surface area contributed by atoms with E-state index in [1.807, 2.05) is 0 Å². The zero-order valence-electron chi connectivity index (χ0n) is 8.43. The summed E-state index contributed by atoms with van der Waals surface area (Å²) in [5.41, 5.74) is 3.57. The van der Waals surface area contributed by atoms with Crippen LogP contribution in [0.4, 0.5) is 0 Å². The van der Waals surface area contributed by atoms with Crippen LogP contribution in [-0.2, 0) is 0 Å². The summed E-state index contributed by atoms with van der Waals surface area (Å²) in [5, 5.41) is 3.30. The zero-order chi connectivity index (χ0) is 9.68. The molecule has 0 aromatic rings. The molecular formula is C12H17N. The smallest absolute Gasteiger partial charge is 0.0412 e. The molecule has 0 fully saturated rings. The van der Waals surface area contributed by atoms with Crippen molar-refractivity contribution in [3.63, 3.8) is 0 Å². The number of hydrogen-bond acceptors (Lipinski definition) is 1. The molecule has 0 atom stereocenters. The van der Waals surface area contributed by atoms with E-state index in [0.29, 0.717) is 0 Å². The summed E-state index contributed by atoms with van der Waals surface area (Å²) in [7, 11) is 0. The topological polar surface area (TPSA) is 12.0 Å². The van der Waals surface area contributed by atoms with Crippen molar-refractivity contribution in [3.8, 4) is 0 Å². The molecule has 0 aliphatic carbocycles. The van der Waals surface area contributed by atoms with E-state index in [2.05, 4.69) is 50.0 Å². The lowest BCUT2D eigenvalue weighted by Crippen LogP contribution is -2.17. The van der Waals surface area contributed by atoms with E-state index in [1.165, 1.54) is 5.57 Å². The van der Waals surface area contributed by atoms with Crippen molar-refractivity contribution in [1.82, 2.24) is 5.32 Å². The van der Waals surface area contributed by atoms with Crippen LogP contribution < -0.4 is 5.32 Å². The number of hydrogen-bond donors (Lipinski definition) is 1. The van der Waals surface area contributed by atoms with Crippen LogP contribution in [-0.4, -0.2) is 6.54 Å². The first-order valence-electron chi connectivity index (χ1n) is 4.74. The predicted octanol–water partition coefficient (Wildman–Crippen LogP) is 2.94. The van der Waals surface area contributed by atoms with Gasteiger partial charge in [-0.15, -0.1) is 0 Å². The second-order valence-corrected chi connectivity index (χ2v) is 3.08. The van der Waals surface area contributed by atoms with Crippen molar-refractivity contribution in [2.45, 2.75) is 20.3 Å². The number of nitrogens with one attached hydrogen (secondary N) is 1. The van der Waals surface area contributed by atoms with Crippen LogP contribution in [0.2, 0.25) is 0 Å². The largest absolute Gasteiger partial charge is 0.381 e. The van der Waals surface area contributed by atoms with Gasteiger partial charge in [0.25, 0.3) is 0 Å². The normalized spacial score (nSPS) is 20.6. The molecule has 70 valence electrons. The van der Waals surface area contributed by atoms with Gasteiger partial charge < -0.3 is 5.32 Å². The summed E-state index contributed by atoms with van der Waals surface area (Å²) in [6.07, 6.45) is 9.52. The van der Waals surface area contributed by atoms with Crippen LogP contribution in [0.15, 0.2) is 47.7 Å². The van der Waals surface area contributed by atoms with Gasteiger partial charge in [-0.1, -0.05) is 37.3 Å². The molecule has 0 amide bonds. The first kappa shape index (κ1) is 9.85. The van der Waals surface area contributed by atoms with E-state index in [9.17, 15) is 0 Å². The highest BCUT2D eigenvalue weighted by atomic mass is 14.9. The third-order valence-corrected chi connectivity index (χ3v) is 2.18. The van der Waals surface area contributed by atoms with Gasteiger partial charge in [0.2, 0.25) is 0 Å². The monoisotopic (exact) mass is 175 g/mol. The first-order chi connectivity index (χ1) is 6.27. The van der Waals surface area contributed by atoms with Crippen molar-refractivity contribution < 1.29 is 0 Å². The van der Waals surface area contributed by atoms with Gasteiger partial charge in [-0.3, -0.25) is 0 Å². The number of allylic oxidation sites excluding steroid dienone is 4. The summed E-state index contributed by atoms with van der Waals surface area (Å²) in [6.45, 7) is 9.11. The molecule has 1 rings (SSSR count). The highest BCUT2D eigenvalue weighted by Crippen LogP contribution is 2.14. The van der Waals surface area contributed by atoms with E-state index in [1.54, 1.807) is 0 Å². The summed E-state index contributed by atoms with van der Waals surface area (Å²) in [4.78, 5) is 0. The van der Waals surface area contributed by atoms with E-state index < -0.39 is 0 Å².